The van der Waals surface area contributed by atoms with Crippen LogP contribution in [0.4, 0.5) is 0 Å². The van der Waals surface area contributed by atoms with Crippen LogP contribution in [-0.2, 0) is 6.61 Å². The number of hydrogen-bond donors (Lipinski definition) is 1. The van der Waals surface area contributed by atoms with Crippen LogP contribution in [0.15, 0.2) is 34.7 Å². The zero-order chi connectivity index (χ0) is 13.9. The van der Waals surface area contributed by atoms with Crippen LogP contribution in [0.25, 0.3) is 10.9 Å². The zero-order valence-electron chi connectivity index (χ0n) is 10.6. The second-order valence-corrected chi connectivity index (χ2v) is 4.85. The van der Waals surface area contributed by atoms with Gasteiger partial charge in [0, 0.05) is 0 Å². The van der Waals surface area contributed by atoms with E-state index in [2.05, 4.69) is 15.0 Å². The van der Waals surface area contributed by atoms with Crippen LogP contribution >= 0.6 is 11.3 Å². The lowest BCUT2D eigenvalue weighted by atomic mass is 10.2. The minimum absolute atomic E-state index is 0.194. The number of H-pyrrole nitrogens is 1. The number of nitrogens with zero attached hydrogens (tertiary/aromatic N) is 2. The predicted molar refractivity (Wildman–Crippen MR) is 75.4 cm³/mol. The maximum Gasteiger partial charge on any atom is 0.258 e. The third-order valence-corrected chi connectivity index (χ3v) is 3.41. The van der Waals surface area contributed by atoms with Crippen LogP contribution < -0.4 is 15.0 Å². The Morgan fingerprint density at radius 1 is 1.40 bits per heavy atom. The summed E-state index contributed by atoms with van der Waals surface area (Å²) in [5.41, 5.74) is 2.08. The van der Waals surface area contributed by atoms with E-state index >= 15 is 0 Å². The number of aromatic nitrogens is 3. The molecule has 102 valence electrons. The summed E-state index contributed by atoms with van der Waals surface area (Å²) in [6.07, 6.45) is 1.62. The third kappa shape index (κ3) is 2.48. The van der Waals surface area contributed by atoms with Crippen molar-refractivity contribution in [3.63, 3.8) is 0 Å². The van der Waals surface area contributed by atoms with Gasteiger partial charge in [0.15, 0.2) is 5.06 Å². The maximum atomic E-state index is 12.0. The molecule has 0 saturated heterocycles. The Balaban J connectivity index is 1.91. The van der Waals surface area contributed by atoms with E-state index in [-0.39, 0.29) is 12.2 Å². The van der Waals surface area contributed by atoms with Gasteiger partial charge < -0.3 is 14.5 Å². The number of nitrogens with one attached hydrogen (secondary N) is 1. The second kappa shape index (κ2) is 5.30. The van der Waals surface area contributed by atoms with E-state index in [1.54, 1.807) is 37.0 Å². The van der Waals surface area contributed by atoms with Crippen LogP contribution in [-0.4, -0.2) is 22.1 Å². The Morgan fingerprint density at radius 2 is 2.30 bits per heavy atom. The van der Waals surface area contributed by atoms with E-state index in [4.69, 9.17) is 9.47 Å². The average molecular weight is 289 g/mol. The molecule has 0 unspecified atom stereocenters. The Labute approximate surface area is 118 Å². The summed E-state index contributed by atoms with van der Waals surface area (Å²) < 4.78 is 10.6. The SMILES string of the molecule is COc1ccc2nc(COc3cncs3)[nH]c(=O)c2c1. The van der Waals surface area contributed by atoms with Crippen LogP contribution in [0.2, 0.25) is 0 Å². The number of hydrogen-bond acceptors (Lipinski definition) is 6. The van der Waals surface area contributed by atoms with Gasteiger partial charge in [-0.15, -0.1) is 0 Å². The summed E-state index contributed by atoms with van der Waals surface area (Å²) in [5.74, 6) is 1.10. The van der Waals surface area contributed by atoms with Gasteiger partial charge in [-0.3, -0.25) is 4.79 Å². The molecule has 0 aliphatic rings. The molecule has 0 aliphatic carbocycles. The van der Waals surface area contributed by atoms with Crippen molar-refractivity contribution in [1.82, 2.24) is 15.0 Å². The topological polar surface area (TPSA) is 77.1 Å². The molecule has 0 amide bonds. The molecule has 0 bridgehead atoms. The minimum atomic E-state index is -0.211. The van der Waals surface area contributed by atoms with Crippen LogP contribution in [0.3, 0.4) is 0 Å². The van der Waals surface area contributed by atoms with Gasteiger partial charge in [0.05, 0.1) is 29.7 Å². The molecule has 3 rings (SSSR count). The Bertz CT molecular complexity index is 783. The summed E-state index contributed by atoms with van der Waals surface area (Å²) in [7, 11) is 1.56. The Morgan fingerprint density at radius 3 is 3.05 bits per heavy atom. The van der Waals surface area contributed by atoms with Crippen molar-refractivity contribution in [2.75, 3.05) is 7.11 Å². The summed E-state index contributed by atoms with van der Waals surface area (Å²) in [5, 5.41) is 1.17. The molecule has 1 aromatic carbocycles. The average Bonchev–Trinajstić information content (AvgIpc) is 2.98. The van der Waals surface area contributed by atoms with Crippen LogP contribution in [0.1, 0.15) is 5.82 Å². The molecular formula is C13H11N3O3S. The smallest absolute Gasteiger partial charge is 0.258 e. The molecule has 2 aromatic heterocycles. The van der Waals surface area contributed by atoms with Crippen molar-refractivity contribution < 1.29 is 9.47 Å². The van der Waals surface area contributed by atoms with Crippen LogP contribution in [0.5, 0.6) is 10.8 Å². The van der Waals surface area contributed by atoms with Crippen molar-refractivity contribution in [2.24, 2.45) is 0 Å². The van der Waals surface area contributed by atoms with Gasteiger partial charge in [-0.1, -0.05) is 11.3 Å². The molecule has 1 N–H and O–H groups in total. The summed E-state index contributed by atoms with van der Waals surface area (Å²) >= 11 is 1.39. The van der Waals surface area contributed by atoms with E-state index in [0.29, 0.717) is 27.5 Å². The molecule has 3 aromatic rings. The summed E-state index contributed by atoms with van der Waals surface area (Å²) in [6.45, 7) is 0.194. The Hall–Kier alpha value is -2.41. The van der Waals surface area contributed by atoms with Crippen molar-refractivity contribution in [2.45, 2.75) is 6.61 Å². The molecule has 2 heterocycles. The standard InChI is InChI=1S/C13H11N3O3S/c1-18-8-2-3-10-9(4-8)13(17)16-11(15-10)6-19-12-5-14-7-20-12/h2-5,7H,6H2,1H3,(H,15,16,17). The molecule has 20 heavy (non-hydrogen) atoms. The Kier molecular flexibility index (Phi) is 3.34. The first-order chi connectivity index (χ1) is 9.76. The number of methoxy groups -OCH3 is 1. The fraction of sp³-hybridized carbons (Fsp3) is 0.154. The number of fused-ring (bicyclic) bond motifs is 1. The van der Waals surface area contributed by atoms with E-state index in [0.717, 1.165) is 0 Å². The molecule has 0 aliphatic heterocycles. The van der Waals surface area contributed by atoms with Crippen molar-refractivity contribution in [3.05, 3.63) is 46.1 Å². The molecular weight excluding hydrogens is 278 g/mol. The van der Waals surface area contributed by atoms with Crippen LogP contribution in [0, 0.1) is 0 Å². The monoisotopic (exact) mass is 289 g/mol. The molecule has 0 spiro atoms. The number of ether oxygens (including phenoxy) is 2. The second-order valence-electron chi connectivity index (χ2n) is 4.00. The third-order valence-electron chi connectivity index (χ3n) is 2.72. The first kappa shape index (κ1) is 12.6. The number of benzene rings is 1. The number of thiazole rings is 1. The molecule has 6 nitrogen and oxygen atoms in total. The number of aromatic amines is 1. The highest BCUT2D eigenvalue weighted by atomic mass is 32.1. The first-order valence-corrected chi connectivity index (χ1v) is 6.72. The van der Waals surface area contributed by atoms with Gasteiger partial charge in [0.25, 0.3) is 5.56 Å². The van der Waals surface area contributed by atoms with Crippen molar-refractivity contribution >= 4 is 22.2 Å². The fourth-order valence-electron chi connectivity index (χ4n) is 1.78. The van der Waals surface area contributed by atoms with Gasteiger partial charge in [0.1, 0.15) is 18.2 Å². The molecule has 0 atom stereocenters. The maximum absolute atomic E-state index is 12.0. The molecule has 0 fully saturated rings. The largest absolute Gasteiger partial charge is 0.497 e. The van der Waals surface area contributed by atoms with Gasteiger partial charge in [-0.25, -0.2) is 9.97 Å². The van der Waals surface area contributed by atoms with E-state index in [9.17, 15) is 4.79 Å². The lowest BCUT2D eigenvalue weighted by Crippen LogP contribution is -2.13. The van der Waals surface area contributed by atoms with E-state index < -0.39 is 0 Å². The van der Waals surface area contributed by atoms with Crippen molar-refractivity contribution in [3.8, 4) is 10.8 Å². The highest BCUT2D eigenvalue weighted by Gasteiger charge is 2.06. The first-order valence-electron chi connectivity index (χ1n) is 5.84. The summed E-state index contributed by atoms with van der Waals surface area (Å²) in [4.78, 5) is 23.0. The van der Waals surface area contributed by atoms with E-state index in [1.807, 2.05) is 0 Å². The molecule has 0 radical (unpaired) electrons. The zero-order valence-corrected chi connectivity index (χ0v) is 11.4. The quantitative estimate of drug-likeness (QED) is 0.794. The molecule has 7 heteroatoms. The van der Waals surface area contributed by atoms with Gasteiger partial charge >= 0.3 is 0 Å². The normalized spacial score (nSPS) is 10.7. The lowest BCUT2D eigenvalue weighted by molar-refractivity contribution is 0.304. The highest BCUT2D eigenvalue weighted by molar-refractivity contribution is 7.11. The lowest BCUT2D eigenvalue weighted by Gasteiger charge is -2.05. The fourth-order valence-corrected chi connectivity index (χ4v) is 2.25. The van der Waals surface area contributed by atoms with Crippen molar-refractivity contribution in [1.29, 1.82) is 0 Å². The van der Waals surface area contributed by atoms with Gasteiger partial charge in [-0.2, -0.15) is 0 Å². The van der Waals surface area contributed by atoms with Gasteiger partial charge in [0.2, 0.25) is 0 Å². The molecule has 0 saturated carbocycles. The number of rotatable bonds is 4. The highest BCUT2D eigenvalue weighted by Crippen LogP contribution is 2.18. The van der Waals surface area contributed by atoms with Gasteiger partial charge in [-0.05, 0) is 18.2 Å². The predicted octanol–water partition coefficient (Wildman–Crippen LogP) is 1.97. The summed E-state index contributed by atoms with van der Waals surface area (Å²) in [6, 6.07) is 5.18. The minimum Gasteiger partial charge on any atom is -0.497 e. The van der Waals surface area contributed by atoms with E-state index in [1.165, 1.54) is 11.3 Å².